The molecule has 0 saturated carbocycles. The molecule has 27 heavy (non-hydrogen) atoms. The molecule has 2 N–H and O–H groups in total. The van der Waals surface area contributed by atoms with E-state index in [-0.39, 0.29) is 11.8 Å². The number of hydrogen-bond donors (Lipinski definition) is 2. The zero-order chi connectivity index (χ0) is 19.2. The molecule has 0 aliphatic heterocycles. The van der Waals surface area contributed by atoms with Crippen molar-refractivity contribution in [3.8, 4) is 0 Å². The van der Waals surface area contributed by atoms with E-state index in [0.717, 1.165) is 5.56 Å². The predicted octanol–water partition coefficient (Wildman–Crippen LogP) is 2.22. The lowest BCUT2D eigenvalue weighted by Gasteiger charge is -2.07. The molecule has 2 heterocycles. The monoisotopic (exact) mass is 362 g/mol. The average molecular weight is 362 g/mol. The zero-order valence-electron chi connectivity index (χ0n) is 14.9. The molecule has 0 unspecified atom stereocenters. The number of carbonyl (C=O) groups is 2. The molecular formula is C19H18N6O2. The van der Waals surface area contributed by atoms with Crippen LogP contribution in [0.5, 0.6) is 0 Å². The van der Waals surface area contributed by atoms with Gasteiger partial charge < -0.3 is 5.32 Å². The maximum Gasteiger partial charge on any atom is 0.273 e. The summed E-state index contributed by atoms with van der Waals surface area (Å²) >= 11 is 0. The highest BCUT2D eigenvalue weighted by atomic mass is 16.2. The van der Waals surface area contributed by atoms with Crippen molar-refractivity contribution in [3.63, 3.8) is 0 Å². The number of nitrogens with one attached hydrogen (secondary N) is 2. The summed E-state index contributed by atoms with van der Waals surface area (Å²) in [6.07, 6.45) is 4.66. The van der Waals surface area contributed by atoms with Gasteiger partial charge in [0.25, 0.3) is 11.8 Å². The summed E-state index contributed by atoms with van der Waals surface area (Å²) in [5, 5.41) is 10.9. The van der Waals surface area contributed by atoms with Crippen molar-refractivity contribution in [2.24, 2.45) is 12.1 Å². The lowest BCUT2D eigenvalue weighted by molar-refractivity contribution is 0.0953. The third-order valence-electron chi connectivity index (χ3n) is 3.88. The molecule has 3 aromatic rings. The van der Waals surface area contributed by atoms with Gasteiger partial charge in [-0.25, -0.2) is 5.43 Å². The summed E-state index contributed by atoms with van der Waals surface area (Å²) < 4.78 is 1.51. The van der Waals surface area contributed by atoms with Gasteiger partial charge in [0.1, 0.15) is 5.69 Å². The van der Waals surface area contributed by atoms with Crippen LogP contribution in [0, 0.1) is 0 Å². The minimum absolute atomic E-state index is 0.238. The summed E-state index contributed by atoms with van der Waals surface area (Å²) in [7, 11) is 1.71. The highest BCUT2D eigenvalue weighted by molar-refractivity contribution is 6.04. The van der Waals surface area contributed by atoms with Crippen LogP contribution in [0.4, 0.5) is 5.69 Å². The largest absolute Gasteiger partial charge is 0.321 e. The number of amides is 2. The summed E-state index contributed by atoms with van der Waals surface area (Å²) in [4.78, 5) is 28.0. The van der Waals surface area contributed by atoms with E-state index >= 15 is 0 Å². The van der Waals surface area contributed by atoms with E-state index in [2.05, 4.69) is 25.9 Å². The second-order valence-corrected chi connectivity index (χ2v) is 5.75. The molecule has 0 saturated heterocycles. The summed E-state index contributed by atoms with van der Waals surface area (Å²) in [5.74, 6) is -0.547. The Labute approximate surface area is 155 Å². The Balaban J connectivity index is 1.63. The molecule has 0 radical (unpaired) electrons. The number of carbonyl (C=O) groups excluding carboxylic acids is 2. The Morgan fingerprint density at radius 1 is 0.926 bits per heavy atom. The fraction of sp³-hybridized carbons (Fsp3) is 0.105. The molecule has 0 spiro atoms. The van der Waals surface area contributed by atoms with Crippen LogP contribution >= 0.6 is 0 Å². The number of nitrogens with zero attached hydrogens (tertiary/aromatic N) is 4. The van der Waals surface area contributed by atoms with Gasteiger partial charge in [-0.15, -0.1) is 0 Å². The van der Waals surface area contributed by atoms with Gasteiger partial charge in [0.2, 0.25) is 0 Å². The van der Waals surface area contributed by atoms with Gasteiger partial charge in [-0.05, 0) is 42.8 Å². The number of hydrogen-bond acceptors (Lipinski definition) is 5. The number of aromatic nitrogens is 3. The van der Waals surface area contributed by atoms with E-state index in [9.17, 15) is 9.59 Å². The molecule has 0 atom stereocenters. The third kappa shape index (κ3) is 4.43. The highest BCUT2D eigenvalue weighted by Crippen LogP contribution is 2.12. The first-order chi connectivity index (χ1) is 13.0. The van der Waals surface area contributed by atoms with Crippen LogP contribution in [0.25, 0.3) is 0 Å². The minimum Gasteiger partial charge on any atom is -0.321 e. The van der Waals surface area contributed by atoms with E-state index in [1.54, 1.807) is 62.9 Å². The fourth-order valence-electron chi connectivity index (χ4n) is 2.35. The molecule has 3 rings (SSSR count). The molecule has 1 aromatic carbocycles. The van der Waals surface area contributed by atoms with Crippen LogP contribution < -0.4 is 10.7 Å². The maximum atomic E-state index is 12.2. The Bertz CT molecular complexity index is 977. The van der Waals surface area contributed by atoms with Crippen molar-refractivity contribution in [1.82, 2.24) is 20.2 Å². The topological polar surface area (TPSA) is 101 Å². The summed E-state index contributed by atoms with van der Waals surface area (Å²) in [6, 6.07) is 12.0. The lowest BCUT2D eigenvalue weighted by Crippen LogP contribution is -2.19. The van der Waals surface area contributed by atoms with E-state index in [1.807, 2.05) is 12.1 Å². The number of benzene rings is 1. The van der Waals surface area contributed by atoms with Crippen LogP contribution in [-0.4, -0.2) is 32.3 Å². The van der Waals surface area contributed by atoms with Gasteiger partial charge in [-0.2, -0.15) is 10.2 Å². The Morgan fingerprint density at radius 2 is 1.63 bits per heavy atom. The van der Waals surface area contributed by atoms with Gasteiger partial charge in [-0.1, -0.05) is 12.1 Å². The van der Waals surface area contributed by atoms with Crippen LogP contribution in [0.15, 0.2) is 66.2 Å². The zero-order valence-corrected chi connectivity index (χ0v) is 14.9. The molecule has 0 bridgehead atoms. The van der Waals surface area contributed by atoms with Crippen LogP contribution in [0.2, 0.25) is 0 Å². The third-order valence-corrected chi connectivity index (χ3v) is 3.88. The first-order valence-electron chi connectivity index (χ1n) is 8.19. The SMILES string of the molecule is CC(=NNC(=O)c1ccncc1)c1ccc(NC(=O)c2ccnn2C)cc1. The molecule has 136 valence electrons. The van der Waals surface area contributed by atoms with Gasteiger partial charge in [0.15, 0.2) is 0 Å². The highest BCUT2D eigenvalue weighted by Gasteiger charge is 2.10. The van der Waals surface area contributed by atoms with Crippen molar-refractivity contribution in [2.75, 3.05) is 5.32 Å². The van der Waals surface area contributed by atoms with Crippen LogP contribution in [-0.2, 0) is 7.05 Å². The molecule has 0 aliphatic rings. The number of anilines is 1. The van der Waals surface area contributed by atoms with Gasteiger partial charge >= 0.3 is 0 Å². The van der Waals surface area contributed by atoms with E-state index in [0.29, 0.717) is 22.7 Å². The Kier molecular flexibility index (Phi) is 5.36. The Hall–Kier alpha value is -3.81. The number of hydrazone groups is 1. The molecule has 8 heteroatoms. The van der Waals surface area contributed by atoms with Gasteiger partial charge in [0.05, 0.1) is 5.71 Å². The molecule has 0 aliphatic carbocycles. The first-order valence-corrected chi connectivity index (χ1v) is 8.19. The number of aryl methyl sites for hydroxylation is 1. The normalized spacial score (nSPS) is 11.1. The molecule has 8 nitrogen and oxygen atoms in total. The second-order valence-electron chi connectivity index (χ2n) is 5.75. The molecule has 2 aromatic heterocycles. The first kappa shape index (κ1) is 18.0. The van der Waals surface area contributed by atoms with Crippen molar-refractivity contribution in [1.29, 1.82) is 0 Å². The number of pyridine rings is 1. The summed E-state index contributed by atoms with van der Waals surface area (Å²) in [6.45, 7) is 1.79. The maximum absolute atomic E-state index is 12.2. The predicted molar refractivity (Wildman–Crippen MR) is 102 cm³/mol. The van der Waals surface area contributed by atoms with E-state index in [1.165, 1.54) is 4.68 Å². The van der Waals surface area contributed by atoms with Gasteiger partial charge in [-0.3, -0.25) is 19.3 Å². The van der Waals surface area contributed by atoms with Crippen molar-refractivity contribution in [3.05, 3.63) is 77.9 Å². The lowest BCUT2D eigenvalue weighted by atomic mass is 10.1. The summed E-state index contributed by atoms with van der Waals surface area (Å²) in [5.41, 5.74) is 5.57. The van der Waals surface area contributed by atoms with Crippen LogP contribution in [0.3, 0.4) is 0 Å². The van der Waals surface area contributed by atoms with Gasteiger partial charge in [0, 0.05) is 36.9 Å². The number of rotatable bonds is 5. The molecular weight excluding hydrogens is 344 g/mol. The van der Waals surface area contributed by atoms with E-state index in [4.69, 9.17) is 0 Å². The van der Waals surface area contributed by atoms with Crippen molar-refractivity contribution >= 4 is 23.2 Å². The Morgan fingerprint density at radius 3 is 2.26 bits per heavy atom. The minimum atomic E-state index is -0.309. The van der Waals surface area contributed by atoms with Crippen molar-refractivity contribution < 1.29 is 9.59 Å². The standard InChI is InChI=1S/C19H18N6O2/c1-13(23-24-18(26)15-7-10-20-11-8-15)14-3-5-16(6-4-14)22-19(27)17-9-12-21-25(17)2/h3-12H,1-2H3,(H,22,27)(H,24,26). The van der Waals surface area contributed by atoms with E-state index < -0.39 is 0 Å². The second kappa shape index (κ2) is 8.05. The van der Waals surface area contributed by atoms with Crippen LogP contribution in [0.1, 0.15) is 33.3 Å². The average Bonchev–Trinajstić information content (AvgIpc) is 3.13. The smallest absolute Gasteiger partial charge is 0.273 e. The van der Waals surface area contributed by atoms with Crippen molar-refractivity contribution in [2.45, 2.75) is 6.92 Å². The molecule has 0 fully saturated rings. The quantitative estimate of drug-likeness (QED) is 0.537. The fourth-order valence-corrected chi connectivity index (χ4v) is 2.35. The molecule has 2 amide bonds.